The van der Waals surface area contributed by atoms with Crippen LogP contribution in [-0.4, -0.2) is 53.0 Å². The van der Waals surface area contributed by atoms with Gasteiger partial charge in [0.2, 0.25) is 6.23 Å². The van der Waals surface area contributed by atoms with Gasteiger partial charge in [0.05, 0.1) is 0 Å². The summed E-state index contributed by atoms with van der Waals surface area (Å²) in [5.41, 5.74) is 1.48. The molecule has 0 fully saturated rings. The molecular weight excluding hydrogens is 430 g/mol. The molecule has 2 amide bonds. The molecule has 3 aromatic rings. The van der Waals surface area contributed by atoms with E-state index < -0.39 is 12.3 Å². The summed E-state index contributed by atoms with van der Waals surface area (Å²) in [5.74, 6) is 0.0322. The quantitative estimate of drug-likeness (QED) is 0.544. The van der Waals surface area contributed by atoms with Gasteiger partial charge in [0.25, 0.3) is 5.91 Å². The molecule has 1 aliphatic heterocycles. The van der Waals surface area contributed by atoms with Crippen LogP contribution in [0.3, 0.4) is 0 Å². The summed E-state index contributed by atoms with van der Waals surface area (Å²) in [5, 5.41) is 3.86. The molecule has 0 radical (unpaired) electrons. The topological polar surface area (TPSA) is 87.7 Å². The SMILES string of the molecule is CCN(CC)CCNC(=O)OC1c2ccccc2C(=O)N1c1ccc2ccc(Cl)nc2n1. The highest BCUT2D eigenvalue weighted by Gasteiger charge is 2.41. The number of hydrogen-bond donors (Lipinski definition) is 1. The number of carbonyl (C=O) groups is 2. The number of hydrogen-bond acceptors (Lipinski definition) is 6. The van der Waals surface area contributed by atoms with Crippen molar-refractivity contribution < 1.29 is 14.3 Å². The van der Waals surface area contributed by atoms with Crippen molar-refractivity contribution in [2.75, 3.05) is 31.1 Å². The van der Waals surface area contributed by atoms with E-state index in [4.69, 9.17) is 16.3 Å². The van der Waals surface area contributed by atoms with E-state index in [0.29, 0.717) is 40.8 Å². The third-order valence-electron chi connectivity index (χ3n) is 5.47. The van der Waals surface area contributed by atoms with E-state index in [9.17, 15) is 9.59 Å². The Hall–Kier alpha value is -3.23. The lowest BCUT2D eigenvalue weighted by molar-refractivity contribution is 0.0828. The first-order valence-electron chi connectivity index (χ1n) is 10.5. The molecule has 8 nitrogen and oxygen atoms in total. The van der Waals surface area contributed by atoms with Gasteiger partial charge in [-0.2, -0.15) is 0 Å². The van der Waals surface area contributed by atoms with Crippen molar-refractivity contribution in [3.63, 3.8) is 0 Å². The number of anilines is 1. The number of halogens is 1. The second-order valence-electron chi connectivity index (χ2n) is 7.32. The molecule has 0 bridgehead atoms. The van der Waals surface area contributed by atoms with Crippen LogP contribution in [0.5, 0.6) is 0 Å². The van der Waals surface area contributed by atoms with Crippen LogP contribution >= 0.6 is 11.6 Å². The second kappa shape index (κ2) is 9.50. The molecule has 3 heterocycles. The highest BCUT2D eigenvalue weighted by molar-refractivity contribution is 6.29. The number of amides is 2. The van der Waals surface area contributed by atoms with Gasteiger partial charge in [0, 0.05) is 29.6 Å². The third-order valence-corrected chi connectivity index (χ3v) is 5.68. The van der Waals surface area contributed by atoms with Crippen molar-refractivity contribution in [1.82, 2.24) is 20.2 Å². The molecule has 9 heteroatoms. The zero-order valence-electron chi connectivity index (χ0n) is 17.9. The summed E-state index contributed by atoms with van der Waals surface area (Å²) >= 11 is 6.01. The van der Waals surface area contributed by atoms with E-state index in [1.54, 1.807) is 48.5 Å². The Bertz CT molecular complexity index is 1150. The van der Waals surface area contributed by atoms with E-state index >= 15 is 0 Å². The minimum absolute atomic E-state index is 0.296. The Morgan fingerprint density at radius 2 is 1.88 bits per heavy atom. The summed E-state index contributed by atoms with van der Waals surface area (Å²) in [6.45, 7) is 7.09. The number of ether oxygens (including phenoxy) is 1. The maximum absolute atomic E-state index is 13.2. The number of benzene rings is 1. The van der Waals surface area contributed by atoms with Crippen molar-refractivity contribution in [1.29, 1.82) is 0 Å². The molecule has 1 aliphatic rings. The Balaban J connectivity index is 1.60. The summed E-state index contributed by atoms with van der Waals surface area (Å²) in [6, 6.07) is 14.1. The van der Waals surface area contributed by atoms with Gasteiger partial charge in [-0.05, 0) is 43.4 Å². The zero-order valence-corrected chi connectivity index (χ0v) is 18.7. The monoisotopic (exact) mass is 453 g/mol. The number of pyridine rings is 2. The Kier molecular flexibility index (Phi) is 6.53. The van der Waals surface area contributed by atoms with Crippen LogP contribution in [-0.2, 0) is 4.74 Å². The molecule has 0 spiro atoms. The molecular formula is C23H24ClN5O3. The number of likely N-dealkylation sites (N-methyl/N-ethyl adjacent to an activating group) is 1. The van der Waals surface area contributed by atoms with Gasteiger partial charge >= 0.3 is 6.09 Å². The standard InChI is InChI=1S/C23H24ClN5O3/c1-3-28(4-2)14-13-25-23(31)32-22-17-8-6-5-7-16(17)21(30)29(22)19-12-10-15-9-11-18(24)26-20(15)27-19/h5-12,22H,3-4,13-14H2,1-2H3,(H,25,31). The lowest BCUT2D eigenvalue weighted by atomic mass is 10.1. The summed E-state index contributed by atoms with van der Waals surface area (Å²) in [7, 11) is 0. The predicted molar refractivity (Wildman–Crippen MR) is 123 cm³/mol. The number of rotatable bonds is 7. The first-order valence-corrected chi connectivity index (χ1v) is 10.9. The van der Waals surface area contributed by atoms with Crippen LogP contribution in [0.1, 0.15) is 36.0 Å². The summed E-state index contributed by atoms with van der Waals surface area (Å²) < 4.78 is 5.71. The van der Waals surface area contributed by atoms with E-state index in [2.05, 4.69) is 34.0 Å². The van der Waals surface area contributed by atoms with Crippen LogP contribution in [0.25, 0.3) is 11.0 Å². The minimum Gasteiger partial charge on any atom is -0.420 e. The number of fused-ring (bicyclic) bond motifs is 2. The minimum atomic E-state index is -0.934. The fourth-order valence-electron chi connectivity index (χ4n) is 3.72. The van der Waals surface area contributed by atoms with Crippen LogP contribution in [0, 0.1) is 0 Å². The fraction of sp³-hybridized carbons (Fsp3) is 0.304. The number of carbonyl (C=O) groups excluding carboxylic acids is 2. The largest absolute Gasteiger partial charge is 0.420 e. The molecule has 166 valence electrons. The zero-order chi connectivity index (χ0) is 22.7. The third kappa shape index (κ3) is 4.37. The van der Waals surface area contributed by atoms with Gasteiger partial charge in [0.1, 0.15) is 11.0 Å². The number of aromatic nitrogens is 2. The fourth-order valence-corrected chi connectivity index (χ4v) is 3.86. The van der Waals surface area contributed by atoms with Gasteiger partial charge in [-0.3, -0.25) is 9.69 Å². The summed E-state index contributed by atoms with van der Waals surface area (Å²) in [4.78, 5) is 38.1. The van der Waals surface area contributed by atoms with Crippen LogP contribution in [0.15, 0.2) is 48.5 Å². The van der Waals surface area contributed by atoms with E-state index in [0.717, 1.165) is 18.5 Å². The van der Waals surface area contributed by atoms with E-state index in [1.165, 1.54) is 4.90 Å². The first-order chi connectivity index (χ1) is 15.5. The van der Waals surface area contributed by atoms with E-state index in [1.807, 2.05) is 0 Å². The van der Waals surface area contributed by atoms with Crippen molar-refractivity contribution in [2.24, 2.45) is 0 Å². The van der Waals surface area contributed by atoms with Gasteiger partial charge in [-0.25, -0.2) is 14.8 Å². The lowest BCUT2D eigenvalue weighted by Crippen LogP contribution is -2.38. The Morgan fingerprint density at radius 1 is 1.12 bits per heavy atom. The normalized spacial score (nSPS) is 15.3. The Labute approximate surface area is 191 Å². The van der Waals surface area contributed by atoms with Crippen LogP contribution in [0.2, 0.25) is 5.15 Å². The number of nitrogens with zero attached hydrogens (tertiary/aromatic N) is 4. The average Bonchev–Trinajstić information content (AvgIpc) is 3.08. The molecule has 1 aromatic carbocycles. The molecule has 1 atom stereocenters. The second-order valence-corrected chi connectivity index (χ2v) is 7.71. The van der Waals surface area contributed by atoms with Crippen LogP contribution in [0.4, 0.5) is 10.6 Å². The number of alkyl carbamates (subject to hydrolysis) is 1. The maximum atomic E-state index is 13.2. The molecule has 32 heavy (non-hydrogen) atoms. The number of nitrogens with one attached hydrogen (secondary N) is 1. The highest BCUT2D eigenvalue weighted by atomic mass is 35.5. The molecule has 0 saturated heterocycles. The first kappa shape index (κ1) is 22.0. The van der Waals surface area contributed by atoms with Gasteiger partial charge in [-0.1, -0.05) is 43.6 Å². The van der Waals surface area contributed by atoms with Gasteiger partial charge in [-0.15, -0.1) is 0 Å². The molecule has 2 aromatic heterocycles. The predicted octanol–water partition coefficient (Wildman–Crippen LogP) is 4.01. The van der Waals surface area contributed by atoms with Crippen molar-refractivity contribution in [3.05, 3.63) is 64.8 Å². The molecule has 1 N–H and O–H groups in total. The molecule has 1 unspecified atom stereocenters. The van der Waals surface area contributed by atoms with Crippen LogP contribution < -0.4 is 10.2 Å². The Morgan fingerprint density at radius 3 is 2.66 bits per heavy atom. The maximum Gasteiger partial charge on any atom is 0.409 e. The van der Waals surface area contributed by atoms with Gasteiger partial charge < -0.3 is 15.0 Å². The van der Waals surface area contributed by atoms with Crippen molar-refractivity contribution in [3.8, 4) is 0 Å². The molecule has 0 aliphatic carbocycles. The average molecular weight is 454 g/mol. The highest BCUT2D eigenvalue weighted by Crippen LogP contribution is 2.37. The van der Waals surface area contributed by atoms with Crippen molar-refractivity contribution in [2.45, 2.75) is 20.1 Å². The lowest BCUT2D eigenvalue weighted by Gasteiger charge is -2.25. The van der Waals surface area contributed by atoms with Gasteiger partial charge in [0.15, 0.2) is 5.65 Å². The van der Waals surface area contributed by atoms with E-state index in [-0.39, 0.29) is 5.91 Å². The molecule has 0 saturated carbocycles. The summed E-state index contributed by atoms with van der Waals surface area (Å²) in [6.07, 6.45) is -1.53. The smallest absolute Gasteiger partial charge is 0.409 e. The van der Waals surface area contributed by atoms with Crippen molar-refractivity contribution >= 4 is 40.5 Å². The molecule has 4 rings (SSSR count).